The van der Waals surface area contributed by atoms with E-state index in [1.807, 2.05) is 6.92 Å². The summed E-state index contributed by atoms with van der Waals surface area (Å²) in [5.74, 6) is 0. The second kappa shape index (κ2) is 7.53. The van der Waals surface area contributed by atoms with E-state index >= 15 is 0 Å². The lowest BCUT2D eigenvalue weighted by Gasteiger charge is -2.34. The van der Waals surface area contributed by atoms with Crippen LogP contribution in [0.1, 0.15) is 33.1 Å². The molecule has 0 bridgehead atoms. The molecule has 0 aromatic rings. The molecule has 0 saturated carbocycles. The van der Waals surface area contributed by atoms with E-state index in [0.29, 0.717) is 13.1 Å². The molecule has 7 heteroatoms. The normalized spacial score (nSPS) is 19.6. The third-order valence-corrected chi connectivity index (χ3v) is 4.15. The fourth-order valence-electron chi connectivity index (χ4n) is 1.76. The highest BCUT2D eigenvalue weighted by atomic mass is 35.5. The minimum atomic E-state index is -3.30. The van der Waals surface area contributed by atoms with Gasteiger partial charge in [0.25, 0.3) is 10.2 Å². The lowest BCUT2D eigenvalue weighted by Crippen LogP contribution is -2.46. The molecule has 0 atom stereocenters. The Morgan fingerprint density at radius 1 is 1.24 bits per heavy atom. The van der Waals surface area contributed by atoms with Crippen molar-refractivity contribution in [2.24, 2.45) is 5.41 Å². The smallest absolute Gasteiger partial charge is 0.276 e. The quantitative estimate of drug-likeness (QED) is 0.670. The van der Waals surface area contributed by atoms with Gasteiger partial charge in [-0.05, 0) is 37.8 Å². The van der Waals surface area contributed by atoms with E-state index in [1.165, 1.54) is 0 Å². The molecule has 0 aromatic carbocycles. The summed E-state index contributed by atoms with van der Waals surface area (Å²) in [6.45, 7) is 7.04. The SMILES string of the molecule is CCCNS(=O)(=O)NCC1(C)CCNCC1.Cl. The van der Waals surface area contributed by atoms with Crippen molar-refractivity contribution in [2.75, 3.05) is 26.2 Å². The summed E-state index contributed by atoms with van der Waals surface area (Å²) in [5.41, 5.74) is 0.0895. The van der Waals surface area contributed by atoms with Crippen LogP contribution in [0.4, 0.5) is 0 Å². The summed E-state index contributed by atoms with van der Waals surface area (Å²) in [7, 11) is -3.30. The van der Waals surface area contributed by atoms with Crippen molar-refractivity contribution in [1.82, 2.24) is 14.8 Å². The van der Waals surface area contributed by atoms with Crippen LogP contribution < -0.4 is 14.8 Å². The predicted octanol–water partition coefficient (Wildman–Crippen LogP) is 0.632. The van der Waals surface area contributed by atoms with Crippen LogP contribution in [0.3, 0.4) is 0 Å². The summed E-state index contributed by atoms with van der Waals surface area (Å²) in [5, 5.41) is 3.28. The van der Waals surface area contributed by atoms with E-state index in [4.69, 9.17) is 0 Å². The average molecular weight is 286 g/mol. The zero-order chi connectivity index (χ0) is 12.1. The topological polar surface area (TPSA) is 70.2 Å². The highest BCUT2D eigenvalue weighted by Gasteiger charge is 2.27. The monoisotopic (exact) mass is 285 g/mol. The third kappa shape index (κ3) is 6.57. The summed E-state index contributed by atoms with van der Waals surface area (Å²) in [4.78, 5) is 0. The van der Waals surface area contributed by atoms with Gasteiger partial charge in [-0.15, -0.1) is 12.4 Å². The van der Waals surface area contributed by atoms with Crippen molar-refractivity contribution in [1.29, 1.82) is 0 Å². The minimum Gasteiger partial charge on any atom is -0.317 e. The van der Waals surface area contributed by atoms with Gasteiger partial charge in [0.05, 0.1) is 0 Å². The molecule has 1 saturated heterocycles. The molecule has 3 N–H and O–H groups in total. The number of piperidine rings is 1. The molecule has 5 nitrogen and oxygen atoms in total. The van der Waals surface area contributed by atoms with Crippen LogP contribution in [-0.2, 0) is 10.2 Å². The highest BCUT2D eigenvalue weighted by molar-refractivity contribution is 7.87. The minimum absolute atomic E-state index is 0. The lowest BCUT2D eigenvalue weighted by atomic mass is 9.81. The van der Waals surface area contributed by atoms with Gasteiger partial charge in [-0.25, -0.2) is 9.44 Å². The number of halogens is 1. The van der Waals surface area contributed by atoms with Crippen molar-refractivity contribution >= 4 is 22.6 Å². The Morgan fingerprint density at radius 2 is 1.82 bits per heavy atom. The number of rotatable bonds is 6. The van der Waals surface area contributed by atoms with E-state index < -0.39 is 10.2 Å². The zero-order valence-electron chi connectivity index (χ0n) is 10.6. The first kappa shape index (κ1) is 17.1. The Kier molecular flexibility index (Phi) is 7.58. The molecule has 1 fully saturated rings. The molecule has 1 aliphatic rings. The highest BCUT2D eigenvalue weighted by Crippen LogP contribution is 2.26. The first-order valence-electron chi connectivity index (χ1n) is 5.92. The third-order valence-electron chi connectivity index (χ3n) is 3.04. The van der Waals surface area contributed by atoms with Crippen molar-refractivity contribution in [3.8, 4) is 0 Å². The fraction of sp³-hybridized carbons (Fsp3) is 1.00. The van der Waals surface area contributed by atoms with E-state index in [2.05, 4.69) is 21.7 Å². The molecular formula is C10H24ClN3O2S. The summed E-state index contributed by atoms with van der Waals surface area (Å²) in [6, 6.07) is 0. The molecule has 1 aliphatic heterocycles. The molecule has 17 heavy (non-hydrogen) atoms. The molecule has 0 radical (unpaired) electrons. The first-order chi connectivity index (χ1) is 7.47. The summed E-state index contributed by atoms with van der Waals surface area (Å²) < 4.78 is 28.2. The standard InChI is InChI=1S/C10H23N3O2S.ClH/c1-3-6-12-16(14,15)13-9-10(2)4-7-11-8-5-10;/h11-13H,3-9H2,1-2H3;1H. The van der Waals surface area contributed by atoms with Gasteiger partial charge in [0.2, 0.25) is 0 Å². The van der Waals surface area contributed by atoms with Gasteiger partial charge in [0.1, 0.15) is 0 Å². The number of hydrogen-bond donors (Lipinski definition) is 3. The van der Waals surface area contributed by atoms with Crippen LogP contribution in [0.2, 0.25) is 0 Å². The maximum absolute atomic E-state index is 11.5. The van der Waals surface area contributed by atoms with Gasteiger partial charge in [-0.3, -0.25) is 0 Å². The molecule has 0 aliphatic carbocycles. The van der Waals surface area contributed by atoms with E-state index in [9.17, 15) is 8.42 Å². The van der Waals surface area contributed by atoms with Crippen molar-refractivity contribution in [3.05, 3.63) is 0 Å². The summed E-state index contributed by atoms with van der Waals surface area (Å²) in [6.07, 6.45) is 2.84. The van der Waals surface area contributed by atoms with Crippen LogP contribution in [0.25, 0.3) is 0 Å². The largest absolute Gasteiger partial charge is 0.317 e. The Morgan fingerprint density at radius 3 is 2.35 bits per heavy atom. The zero-order valence-corrected chi connectivity index (χ0v) is 12.2. The molecule has 0 aromatic heterocycles. The van der Waals surface area contributed by atoms with Crippen LogP contribution in [0, 0.1) is 5.41 Å². The van der Waals surface area contributed by atoms with Gasteiger partial charge >= 0.3 is 0 Å². The van der Waals surface area contributed by atoms with Gasteiger partial charge in [0, 0.05) is 13.1 Å². The van der Waals surface area contributed by atoms with Gasteiger partial charge in [-0.1, -0.05) is 13.8 Å². The lowest BCUT2D eigenvalue weighted by molar-refractivity contribution is 0.232. The molecule has 1 rings (SSSR count). The van der Waals surface area contributed by atoms with Crippen molar-refractivity contribution < 1.29 is 8.42 Å². The Hall–Kier alpha value is 0.120. The molecular weight excluding hydrogens is 262 g/mol. The molecule has 104 valence electrons. The summed E-state index contributed by atoms with van der Waals surface area (Å²) >= 11 is 0. The first-order valence-corrected chi connectivity index (χ1v) is 7.41. The molecule has 0 spiro atoms. The van der Waals surface area contributed by atoms with Crippen molar-refractivity contribution in [3.63, 3.8) is 0 Å². The second-order valence-corrected chi connectivity index (χ2v) is 6.36. The van der Waals surface area contributed by atoms with Gasteiger partial charge < -0.3 is 5.32 Å². The Bertz CT molecular complexity index is 303. The molecule has 0 amide bonds. The van der Waals surface area contributed by atoms with Gasteiger partial charge in [-0.2, -0.15) is 8.42 Å². The average Bonchev–Trinajstić information content (AvgIpc) is 2.25. The number of hydrogen-bond acceptors (Lipinski definition) is 3. The maximum atomic E-state index is 11.5. The second-order valence-electron chi connectivity index (χ2n) is 4.78. The van der Waals surface area contributed by atoms with Crippen LogP contribution in [-0.4, -0.2) is 34.6 Å². The van der Waals surface area contributed by atoms with E-state index in [1.54, 1.807) is 0 Å². The predicted molar refractivity (Wildman–Crippen MR) is 72.7 cm³/mol. The van der Waals surface area contributed by atoms with Crippen LogP contribution in [0.15, 0.2) is 0 Å². The maximum Gasteiger partial charge on any atom is 0.276 e. The van der Waals surface area contributed by atoms with E-state index in [-0.39, 0.29) is 17.8 Å². The van der Waals surface area contributed by atoms with Crippen LogP contribution >= 0.6 is 12.4 Å². The molecule has 1 heterocycles. The fourth-order valence-corrected chi connectivity index (χ4v) is 2.88. The van der Waals surface area contributed by atoms with Crippen molar-refractivity contribution in [2.45, 2.75) is 33.1 Å². The molecule has 0 unspecified atom stereocenters. The Balaban J connectivity index is 0.00000256. The number of nitrogens with one attached hydrogen (secondary N) is 3. The van der Waals surface area contributed by atoms with Crippen LogP contribution in [0.5, 0.6) is 0 Å². The van der Waals surface area contributed by atoms with Gasteiger partial charge in [0.15, 0.2) is 0 Å². The Labute approximate surface area is 111 Å². The van der Waals surface area contributed by atoms with E-state index in [0.717, 1.165) is 32.4 Å².